The smallest absolute Gasteiger partial charge is 0.263 e. The SMILES string of the molecule is Cc1ccc(-c2ccc(OCC(=O)Nc3ccc(S(=O)(=O)Nc4ccccn4)cc3)cc2)cc1. The standard InChI is InChI=1S/C26H23N3O4S/c1-19-5-7-20(8-6-19)21-9-13-23(14-10-21)33-18-26(30)28-22-11-15-24(16-12-22)34(31,32)29-25-4-2-3-17-27-25/h2-17H,18H2,1H3,(H,27,29)(H,28,30). The fraction of sp³-hybridized carbons (Fsp3) is 0.0769. The molecule has 1 heterocycles. The quantitative estimate of drug-likeness (QED) is 0.380. The van der Waals surface area contributed by atoms with E-state index in [2.05, 4.69) is 39.3 Å². The first-order chi connectivity index (χ1) is 16.4. The minimum absolute atomic E-state index is 0.0565. The first kappa shape index (κ1) is 23.0. The Kier molecular flexibility index (Phi) is 6.89. The summed E-state index contributed by atoms with van der Waals surface area (Å²) < 4.78 is 32.9. The molecule has 4 aromatic rings. The summed E-state index contributed by atoms with van der Waals surface area (Å²) in [5.41, 5.74) is 3.83. The van der Waals surface area contributed by atoms with E-state index in [9.17, 15) is 13.2 Å². The van der Waals surface area contributed by atoms with E-state index in [1.54, 1.807) is 18.2 Å². The van der Waals surface area contributed by atoms with Crippen molar-refractivity contribution in [2.45, 2.75) is 11.8 Å². The molecule has 0 fully saturated rings. The Morgan fingerprint density at radius 1 is 0.853 bits per heavy atom. The minimum atomic E-state index is -3.78. The molecule has 0 saturated carbocycles. The molecule has 2 N–H and O–H groups in total. The highest BCUT2D eigenvalue weighted by Crippen LogP contribution is 2.23. The second-order valence-electron chi connectivity index (χ2n) is 7.57. The number of amides is 1. The van der Waals surface area contributed by atoms with Gasteiger partial charge in [-0.15, -0.1) is 0 Å². The van der Waals surface area contributed by atoms with Crippen LogP contribution >= 0.6 is 0 Å². The Hall–Kier alpha value is -4.17. The molecule has 1 amide bonds. The lowest BCUT2D eigenvalue weighted by atomic mass is 10.0. The maximum absolute atomic E-state index is 12.5. The van der Waals surface area contributed by atoms with Gasteiger partial charge in [-0.25, -0.2) is 13.4 Å². The lowest BCUT2D eigenvalue weighted by molar-refractivity contribution is -0.118. The van der Waals surface area contributed by atoms with Crippen molar-refractivity contribution >= 4 is 27.4 Å². The highest BCUT2D eigenvalue weighted by Gasteiger charge is 2.15. The molecule has 0 atom stereocenters. The van der Waals surface area contributed by atoms with Crippen molar-refractivity contribution in [3.8, 4) is 16.9 Å². The van der Waals surface area contributed by atoms with Crippen LogP contribution in [0.3, 0.4) is 0 Å². The largest absolute Gasteiger partial charge is 0.484 e. The molecule has 0 aliphatic carbocycles. The highest BCUT2D eigenvalue weighted by molar-refractivity contribution is 7.92. The number of ether oxygens (including phenoxy) is 1. The zero-order chi connectivity index (χ0) is 24.0. The summed E-state index contributed by atoms with van der Waals surface area (Å²) in [6, 6.07) is 26.5. The Bertz CT molecular complexity index is 1350. The number of rotatable bonds is 8. The number of sulfonamides is 1. The lowest BCUT2D eigenvalue weighted by Gasteiger charge is -2.10. The van der Waals surface area contributed by atoms with Gasteiger partial charge in [0.15, 0.2) is 6.61 Å². The predicted octanol–water partition coefficient (Wildman–Crippen LogP) is 4.88. The highest BCUT2D eigenvalue weighted by atomic mass is 32.2. The van der Waals surface area contributed by atoms with Crippen LogP contribution in [0.15, 0.2) is 102 Å². The Morgan fingerprint density at radius 3 is 2.12 bits per heavy atom. The van der Waals surface area contributed by atoms with Crippen molar-refractivity contribution in [1.82, 2.24) is 4.98 Å². The zero-order valence-corrected chi connectivity index (χ0v) is 19.2. The van der Waals surface area contributed by atoms with Crippen LogP contribution in [-0.2, 0) is 14.8 Å². The van der Waals surface area contributed by atoms with Crippen molar-refractivity contribution in [3.05, 3.63) is 103 Å². The fourth-order valence-electron chi connectivity index (χ4n) is 3.17. The number of aryl methyl sites for hydroxylation is 1. The number of aromatic nitrogens is 1. The average molecular weight is 474 g/mol. The maximum Gasteiger partial charge on any atom is 0.263 e. The molecule has 4 rings (SSSR count). The van der Waals surface area contributed by atoms with Gasteiger partial charge in [0.25, 0.3) is 15.9 Å². The summed E-state index contributed by atoms with van der Waals surface area (Å²) in [5.74, 6) is 0.446. The van der Waals surface area contributed by atoms with Gasteiger partial charge < -0.3 is 10.1 Å². The molecule has 0 aliphatic rings. The molecule has 0 aliphatic heterocycles. The van der Waals surface area contributed by atoms with Gasteiger partial charge in [0, 0.05) is 11.9 Å². The van der Waals surface area contributed by atoms with Crippen LogP contribution in [0.2, 0.25) is 0 Å². The third-order valence-corrected chi connectivity index (χ3v) is 6.33. The van der Waals surface area contributed by atoms with Crippen LogP contribution in [0, 0.1) is 6.92 Å². The normalized spacial score (nSPS) is 11.0. The molecular formula is C26H23N3O4S. The average Bonchev–Trinajstić information content (AvgIpc) is 2.84. The van der Waals surface area contributed by atoms with Gasteiger partial charge in [0.1, 0.15) is 11.6 Å². The van der Waals surface area contributed by atoms with Crippen molar-refractivity contribution in [2.75, 3.05) is 16.6 Å². The Balaban J connectivity index is 1.30. The molecule has 172 valence electrons. The third kappa shape index (κ3) is 5.99. The minimum Gasteiger partial charge on any atom is -0.484 e. The molecule has 0 bridgehead atoms. The molecular weight excluding hydrogens is 450 g/mol. The third-order valence-electron chi connectivity index (χ3n) is 4.96. The summed E-state index contributed by atoms with van der Waals surface area (Å²) in [7, 11) is -3.78. The second-order valence-corrected chi connectivity index (χ2v) is 9.25. The van der Waals surface area contributed by atoms with Crippen molar-refractivity contribution in [2.24, 2.45) is 0 Å². The molecule has 1 aromatic heterocycles. The van der Waals surface area contributed by atoms with Crippen LogP contribution in [0.5, 0.6) is 5.75 Å². The first-order valence-corrected chi connectivity index (χ1v) is 12.0. The van der Waals surface area contributed by atoms with Gasteiger partial charge in [0.2, 0.25) is 0 Å². The maximum atomic E-state index is 12.5. The zero-order valence-electron chi connectivity index (χ0n) is 18.4. The molecule has 8 heteroatoms. The van der Waals surface area contributed by atoms with Crippen LogP contribution < -0.4 is 14.8 Å². The van der Waals surface area contributed by atoms with E-state index in [-0.39, 0.29) is 23.2 Å². The van der Waals surface area contributed by atoms with Crippen LogP contribution in [-0.4, -0.2) is 25.9 Å². The van der Waals surface area contributed by atoms with Gasteiger partial charge in [-0.05, 0) is 66.6 Å². The fourth-order valence-corrected chi connectivity index (χ4v) is 4.18. The van der Waals surface area contributed by atoms with Gasteiger partial charge in [-0.1, -0.05) is 48.0 Å². The number of hydrogen-bond acceptors (Lipinski definition) is 5. The molecule has 34 heavy (non-hydrogen) atoms. The van der Waals surface area contributed by atoms with Gasteiger partial charge in [-0.3, -0.25) is 9.52 Å². The Morgan fingerprint density at radius 2 is 1.50 bits per heavy atom. The number of benzene rings is 3. The molecule has 0 radical (unpaired) electrons. The topological polar surface area (TPSA) is 97.4 Å². The molecule has 0 spiro atoms. The van der Waals surface area contributed by atoms with Gasteiger partial charge in [0.05, 0.1) is 4.90 Å². The van der Waals surface area contributed by atoms with Gasteiger partial charge >= 0.3 is 0 Å². The molecule has 7 nitrogen and oxygen atoms in total. The van der Waals surface area contributed by atoms with E-state index >= 15 is 0 Å². The van der Waals surface area contributed by atoms with Crippen molar-refractivity contribution in [3.63, 3.8) is 0 Å². The van der Waals surface area contributed by atoms with E-state index in [0.717, 1.165) is 11.1 Å². The number of nitrogens with zero attached hydrogens (tertiary/aromatic N) is 1. The van der Waals surface area contributed by atoms with Crippen molar-refractivity contribution < 1.29 is 17.9 Å². The monoisotopic (exact) mass is 473 g/mol. The first-order valence-electron chi connectivity index (χ1n) is 10.5. The number of carbonyl (C=O) groups excluding carboxylic acids is 1. The van der Waals surface area contributed by atoms with E-state index < -0.39 is 10.0 Å². The lowest BCUT2D eigenvalue weighted by Crippen LogP contribution is -2.20. The van der Waals surface area contributed by atoms with Crippen LogP contribution in [0.1, 0.15) is 5.56 Å². The second kappa shape index (κ2) is 10.2. The van der Waals surface area contributed by atoms with E-state index in [1.165, 1.54) is 36.0 Å². The predicted molar refractivity (Wildman–Crippen MR) is 132 cm³/mol. The van der Waals surface area contributed by atoms with E-state index in [0.29, 0.717) is 11.4 Å². The van der Waals surface area contributed by atoms with Gasteiger partial charge in [-0.2, -0.15) is 0 Å². The number of hydrogen-bond donors (Lipinski definition) is 2. The molecule has 0 unspecified atom stereocenters. The van der Waals surface area contributed by atoms with E-state index in [4.69, 9.17) is 4.74 Å². The van der Waals surface area contributed by atoms with Crippen molar-refractivity contribution in [1.29, 1.82) is 0 Å². The number of carbonyl (C=O) groups is 1. The number of anilines is 2. The summed E-state index contributed by atoms with van der Waals surface area (Å²) in [5, 5.41) is 2.69. The Labute approximate surface area is 198 Å². The summed E-state index contributed by atoms with van der Waals surface area (Å²) in [6.07, 6.45) is 1.50. The molecule has 0 saturated heterocycles. The van der Waals surface area contributed by atoms with E-state index in [1.807, 2.05) is 31.2 Å². The van der Waals surface area contributed by atoms with Crippen LogP contribution in [0.25, 0.3) is 11.1 Å². The number of pyridine rings is 1. The van der Waals surface area contributed by atoms with Crippen LogP contribution in [0.4, 0.5) is 11.5 Å². The summed E-state index contributed by atoms with van der Waals surface area (Å²) in [4.78, 5) is 16.3. The summed E-state index contributed by atoms with van der Waals surface area (Å²) >= 11 is 0. The number of nitrogens with one attached hydrogen (secondary N) is 2. The summed E-state index contributed by atoms with van der Waals surface area (Å²) in [6.45, 7) is 1.87. The molecule has 3 aromatic carbocycles.